The number of hydrogen-bond acceptors (Lipinski definition) is 3. The molecule has 0 atom stereocenters. The summed E-state index contributed by atoms with van der Waals surface area (Å²) in [5, 5.41) is 2.79. The summed E-state index contributed by atoms with van der Waals surface area (Å²) in [6.07, 6.45) is 0.863. The van der Waals surface area contributed by atoms with Gasteiger partial charge >= 0.3 is 0 Å². The fourth-order valence-corrected chi connectivity index (χ4v) is 1.97. The Labute approximate surface area is 99.6 Å². The second-order valence-corrected chi connectivity index (χ2v) is 4.29. The molecule has 1 amide bonds. The van der Waals surface area contributed by atoms with E-state index in [4.69, 9.17) is 5.73 Å². The van der Waals surface area contributed by atoms with Gasteiger partial charge in [-0.25, -0.2) is 4.39 Å². The van der Waals surface area contributed by atoms with Crippen molar-refractivity contribution in [1.29, 1.82) is 0 Å². The standard InChI is InChI=1S/C12H16FN3O/c1-8-5-11(10(14)6-9(8)13)16-4-2-3-15-12(17)7-16/h5-6H,2-4,7,14H2,1H3,(H,15,17). The fraction of sp³-hybridized carbons (Fsp3) is 0.417. The van der Waals surface area contributed by atoms with E-state index in [9.17, 15) is 9.18 Å². The summed E-state index contributed by atoms with van der Waals surface area (Å²) in [6, 6.07) is 3.01. The maximum atomic E-state index is 13.3. The molecular formula is C12H16FN3O. The molecule has 1 aliphatic heterocycles. The SMILES string of the molecule is Cc1cc(N2CCCNC(=O)C2)c(N)cc1F. The third-order valence-corrected chi connectivity index (χ3v) is 2.91. The number of nitrogens with one attached hydrogen (secondary N) is 1. The minimum absolute atomic E-state index is 0.0242. The van der Waals surface area contributed by atoms with Gasteiger partial charge in [-0.1, -0.05) is 0 Å². The van der Waals surface area contributed by atoms with Crippen molar-refractivity contribution in [2.24, 2.45) is 0 Å². The molecule has 92 valence electrons. The summed E-state index contributed by atoms with van der Waals surface area (Å²) in [4.78, 5) is 13.4. The number of hydrogen-bond donors (Lipinski definition) is 2. The van der Waals surface area contributed by atoms with Crippen LogP contribution in [0.25, 0.3) is 0 Å². The van der Waals surface area contributed by atoms with E-state index in [-0.39, 0.29) is 18.3 Å². The third-order valence-electron chi connectivity index (χ3n) is 2.91. The molecule has 0 radical (unpaired) electrons. The summed E-state index contributed by atoms with van der Waals surface area (Å²) in [7, 11) is 0. The van der Waals surface area contributed by atoms with E-state index in [2.05, 4.69) is 5.32 Å². The highest BCUT2D eigenvalue weighted by molar-refractivity contribution is 5.83. The van der Waals surface area contributed by atoms with Gasteiger partial charge in [-0.05, 0) is 31.0 Å². The van der Waals surface area contributed by atoms with Crippen LogP contribution < -0.4 is 16.0 Å². The van der Waals surface area contributed by atoms with Crippen LogP contribution in [0, 0.1) is 12.7 Å². The van der Waals surface area contributed by atoms with Crippen molar-refractivity contribution in [2.45, 2.75) is 13.3 Å². The quantitative estimate of drug-likeness (QED) is 0.718. The number of nitrogens with two attached hydrogens (primary N) is 1. The number of halogens is 1. The van der Waals surface area contributed by atoms with Gasteiger partial charge in [0.05, 0.1) is 17.9 Å². The average Bonchev–Trinajstić information content (AvgIpc) is 2.48. The Morgan fingerprint density at radius 1 is 1.47 bits per heavy atom. The number of amides is 1. The van der Waals surface area contributed by atoms with E-state index >= 15 is 0 Å². The molecule has 1 fully saturated rings. The second kappa shape index (κ2) is 4.61. The topological polar surface area (TPSA) is 58.4 Å². The number of nitrogens with zero attached hydrogens (tertiary/aromatic N) is 1. The Morgan fingerprint density at radius 3 is 3.00 bits per heavy atom. The van der Waals surface area contributed by atoms with Crippen molar-refractivity contribution in [2.75, 3.05) is 30.3 Å². The molecule has 5 heteroatoms. The largest absolute Gasteiger partial charge is 0.397 e. The van der Waals surface area contributed by atoms with Gasteiger partial charge in [-0.3, -0.25) is 4.79 Å². The Kier molecular flexibility index (Phi) is 3.17. The van der Waals surface area contributed by atoms with Crippen molar-refractivity contribution in [3.8, 4) is 0 Å². The van der Waals surface area contributed by atoms with Crippen LogP contribution in [0.5, 0.6) is 0 Å². The monoisotopic (exact) mass is 237 g/mol. The number of rotatable bonds is 1. The maximum absolute atomic E-state index is 13.3. The Balaban J connectivity index is 2.32. The summed E-state index contributed by atoms with van der Waals surface area (Å²) in [5.41, 5.74) is 7.46. The maximum Gasteiger partial charge on any atom is 0.239 e. The number of benzene rings is 1. The van der Waals surface area contributed by atoms with Crippen LogP contribution in [0.3, 0.4) is 0 Å². The zero-order chi connectivity index (χ0) is 12.4. The number of carbonyl (C=O) groups excluding carboxylic acids is 1. The first-order chi connectivity index (χ1) is 8.08. The van der Waals surface area contributed by atoms with Gasteiger partial charge in [0.15, 0.2) is 0 Å². The molecule has 1 saturated heterocycles. The average molecular weight is 237 g/mol. The lowest BCUT2D eigenvalue weighted by Gasteiger charge is -2.23. The van der Waals surface area contributed by atoms with Crippen LogP contribution in [-0.4, -0.2) is 25.5 Å². The van der Waals surface area contributed by atoms with Gasteiger partial charge in [0.1, 0.15) is 5.82 Å². The number of nitrogen functional groups attached to an aromatic ring is 1. The summed E-state index contributed by atoms with van der Waals surface area (Å²) in [6.45, 7) is 3.38. The van der Waals surface area contributed by atoms with Gasteiger partial charge in [0.25, 0.3) is 0 Å². The van der Waals surface area contributed by atoms with E-state index in [0.717, 1.165) is 18.7 Å². The van der Waals surface area contributed by atoms with E-state index in [1.807, 2.05) is 4.90 Å². The van der Waals surface area contributed by atoms with E-state index < -0.39 is 0 Å². The first kappa shape index (κ1) is 11.7. The third kappa shape index (κ3) is 2.49. The molecule has 0 spiro atoms. The van der Waals surface area contributed by atoms with Crippen molar-refractivity contribution in [1.82, 2.24) is 5.32 Å². The van der Waals surface area contributed by atoms with Crippen LogP contribution >= 0.6 is 0 Å². The van der Waals surface area contributed by atoms with Crippen LogP contribution in [0.2, 0.25) is 0 Å². The molecule has 1 aliphatic rings. The molecule has 17 heavy (non-hydrogen) atoms. The second-order valence-electron chi connectivity index (χ2n) is 4.29. The first-order valence-corrected chi connectivity index (χ1v) is 5.65. The number of anilines is 2. The molecule has 3 N–H and O–H groups in total. The molecule has 1 aromatic carbocycles. The summed E-state index contributed by atoms with van der Waals surface area (Å²) in [5.74, 6) is -0.339. The van der Waals surface area contributed by atoms with E-state index in [0.29, 0.717) is 17.8 Å². The zero-order valence-corrected chi connectivity index (χ0v) is 9.79. The van der Waals surface area contributed by atoms with Gasteiger partial charge in [0.2, 0.25) is 5.91 Å². The Morgan fingerprint density at radius 2 is 2.24 bits per heavy atom. The van der Waals surface area contributed by atoms with Crippen molar-refractivity contribution in [3.05, 3.63) is 23.5 Å². The molecular weight excluding hydrogens is 221 g/mol. The van der Waals surface area contributed by atoms with Crippen LogP contribution in [0.1, 0.15) is 12.0 Å². The molecule has 4 nitrogen and oxygen atoms in total. The Hall–Kier alpha value is -1.78. The highest BCUT2D eigenvalue weighted by Crippen LogP contribution is 2.26. The smallest absolute Gasteiger partial charge is 0.239 e. The lowest BCUT2D eigenvalue weighted by molar-refractivity contribution is -0.119. The lowest BCUT2D eigenvalue weighted by Crippen LogP contribution is -2.33. The minimum atomic E-state index is -0.314. The van der Waals surface area contributed by atoms with Crippen LogP contribution in [-0.2, 0) is 4.79 Å². The minimum Gasteiger partial charge on any atom is -0.397 e. The number of aryl methyl sites for hydroxylation is 1. The molecule has 0 bridgehead atoms. The van der Waals surface area contributed by atoms with E-state index in [1.165, 1.54) is 6.07 Å². The highest BCUT2D eigenvalue weighted by atomic mass is 19.1. The Bertz CT molecular complexity index is 448. The van der Waals surface area contributed by atoms with Gasteiger partial charge in [-0.2, -0.15) is 0 Å². The molecule has 0 aliphatic carbocycles. The van der Waals surface area contributed by atoms with Crippen molar-refractivity contribution >= 4 is 17.3 Å². The van der Waals surface area contributed by atoms with Crippen molar-refractivity contribution < 1.29 is 9.18 Å². The molecule has 0 aromatic heterocycles. The summed E-state index contributed by atoms with van der Waals surface area (Å²) < 4.78 is 13.3. The summed E-state index contributed by atoms with van der Waals surface area (Å²) >= 11 is 0. The van der Waals surface area contributed by atoms with E-state index in [1.54, 1.807) is 13.0 Å². The molecule has 0 unspecified atom stereocenters. The molecule has 2 rings (SSSR count). The normalized spacial score (nSPS) is 16.6. The van der Waals surface area contributed by atoms with Gasteiger partial charge in [0, 0.05) is 13.1 Å². The first-order valence-electron chi connectivity index (χ1n) is 5.65. The predicted molar refractivity (Wildman–Crippen MR) is 65.4 cm³/mol. The number of carbonyl (C=O) groups is 1. The van der Waals surface area contributed by atoms with Crippen LogP contribution in [0.4, 0.5) is 15.8 Å². The highest BCUT2D eigenvalue weighted by Gasteiger charge is 2.17. The lowest BCUT2D eigenvalue weighted by atomic mass is 10.1. The van der Waals surface area contributed by atoms with Crippen molar-refractivity contribution in [3.63, 3.8) is 0 Å². The molecule has 1 heterocycles. The van der Waals surface area contributed by atoms with Crippen LogP contribution in [0.15, 0.2) is 12.1 Å². The predicted octanol–water partition coefficient (Wildman–Crippen LogP) is 1.04. The molecule has 1 aromatic rings. The zero-order valence-electron chi connectivity index (χ0n) is 9.79. The molecule has 0 saturated carbocycles. The van der Waals surface area contributed by atoms with Gasteiger partial charge in [-0.15, -0.1) is 0 Å². The van der Waals surface area contributed by atoms with Gasteiger partial charge < -0.3 is 16.0 Å². The fourth-order valence-electron chi connectivity index (χ4n) is 1.97.